The van der Waals surface area contributed by atoms with Crippen LogP contribution in [-0.2, 0) is 12.8 Å². The molecule has 0 amide bonds. The Hall–Kier alpha value is -0.340. The average Bonchev–Trinajstić information content (AvgIpc) is 2.59. The molecule has 0 fully saturated rings. The minimum Gasteiger partial charge on any atom is -0.327 e. The van der Waals surface area contributed by atoms with Gasteiger partial charge in [0.05, 0.1) is 0 Å². The van der Waals surface area contributed by atoms with Crippen molar-refractivity contribution >= 4 is 11.3 Å². The summed E-state index contributed by atoms with van der Waals surface area (Å²) in [5.74, 6) is 0.629. The minimum atomic E-state index is 0.317. The van der Waals surface area contributed by atoms with E-state index in [4.69, 9.17) is 5.73 Å². The first kappa shape index (κ1) is 10.2. The third-order valence-electron chi connectivity index (χ3n) is 3.17. The second-order valence-electron chi connectivity index (χ2n) is 4.31. The fourth-order valence-corrected chi connectivity index (χ4v) is 3.73. The first-order chi connectivity index (χ1) is 6.72. The Morgan fingerprint density at radius 2 is 2.43 bits per heavy atom. The molecule has 0 aromatic carbocycles. The lowest BCUT2D eigenvalue weighted by Gasteiger charge is -2.25. The number of nitrogens with two attached hydrogens (primary N) is 1. The number of rotatable bonds is 2. The SMILES string of the molecule is CCc1cc2c(s1)C(C(C)N)CCC2. The van der Waals surface area contributed by atoms with Gasteiger partial charge in [0, 0.05) is 21.7 Å². The second-order valence-corrected chi connectivity index (χ2v) is 5.48. The summed E-state index contributed by atoms with van der Waals surface area (Å²) in [7, 11) is 0. The van der Waals surface area contributed by atoms with E-state index in [0.29, 0.717) is 12.0 Å². The van der Waals surface area contributed by atoms with Gasteiger partial charge in [-0.2, -0.15) is 0 Å². The van der Waals surface area contributed by atoms with Crippen LogP contribution in [0.15, 0.2) is 6.07 Å². The fraction of sp³-hybridized carbons (Fsp3) is 0.667. The molecule has 1 aliphatic carbocycles. The van der Waals surface area contributed by atoms with Crippen LogP contribution in [0.4, 0.5) is 0 Å². The fourth-order valence-electron chi connectivity index (χ4n) is 2.33. The highest BCUT2D eigenvalue weighted by atomic mass is 32.1. The van der Waals surface area contributed by atoms with Crippen molar-refractivity contribution in [3.63, 3.8) is 0 Å². The van der Waals surface area contributed by atoms with E-state index in [1.165, 1.54) is 30.6 Å². The van der Waals surface area contributed by atoms with Gasteiger partial charge in [0.15, 0.2) is 0 Å². The summed E-state index contributed by atoms with van der Waals surface area (Å²) in [6.07, 6.45) is 5.05. The Balaban J connectivity index is 2.33. The Morgan fingerprint density at radius 3 is 3.07 bits per heavy atom. The average molecular weight is 209 g/mol. The van der Waals surface area contributed by atoms with E-state index in [1.807, 2.05) is 11.3 Å². The zero-order valence-electron chi connectivity index (χ0n) is 9.05. The zero-order valence-corrected chi connectivity index (χ0v) is 9.86. The summed E-state index contributed by atoms with van der Waals surface area (Å²) in [4.78, 5) is 3.12. The first-order valence-corrected chi connectivity index (χ1v) is 6.41. The van der Waals surface area contributed by atoms with Gasteiger partial charge in [-0.25, -0.2) is 0 Å². The summed E-state index contributed by atoms with van der Waals surface area (Å²) in [6.45, 7) is 4.38. The maximum atomic E-state index is 6.04. The molecular weight excluding hydrogens is 190 g/mol. The molecule has 0 bridgehead atoms. The lowest BCUT2D eigenvalue weighted by Crippen LogP contribution is -2.26. The molecule has 2 heteroatoms. The molecular formula is C12H19NS. The van der Waals surface area contributed by atoms with Crippen molar-refractivity contribution in [2.45, 2.75) is 51.5 Å². The van der Waals surface area contributed by atoms with E-state index in [0.717, 1.165) is 0 Å². The molecule has 14 heavy (non-hydrogen) atoms. The van der Waals surface area contributed by atoms with Crippen LogP contribution in [0.3, 0.4) is 0 Å². The standard InChI is InChI=1S/C12H19NS/c1-3-10-7-9-5-4-6-11(8(2)13)12(9)14-10/h7-8,11H,3-6,13H2,1-2H3. The molecule has 0 aliphatic heterocycles. The van der Waals surface area contributed by atoms with Gasteiger partial charge in [-0.15, -0.1) is 11.3 Å². The molecule has 1 aromatic rings. The van der Waals surface area contributed by atoms with Gasteiger partial charge in [0.25, 0.3) is 0 Å². The maximum absolute atomic E-state index is 6.04. The van der Waals surface area contributed by atoms with Crippen molar-refractivity contribution < 1.29 is 0 Å². The van der Waals surface area contributed by atoms with Crippen molar-refractivity contribution in [1.29, 1.82) is 0 Å². The molecule has 2 unspecified atom stereocenters. The first-order valence-electron chi connectivity index (χ1n) is 5.59. The van der Waals surface area contributed by atoms with Gasteiger partial charge in [-0.1, -0.05) is 6.92 Å². The van der Waals surface area contributed by atoms with Crippen LogP contribution in [-0.4, -0.2) is 6.04 Å². The molecule has 2 atom stereocenters. The summed E-state index contributed by atoms with van der Waals surface area (Å²) in [6, 6.07) is 2.71. The lowest BCUT2D eigenvalue weighted by molar-refractivity contribution is 0.494. The van der Waals surface area contributed by atoms with Crippen LogP contribution in [0.25, 0.3) is 0 Å². The Morgan fingerprint density at radius 1 is 1.64 bits per heavy atom. The maximum Gasteiger partial charge on any atom is 0.0126 e. The van der Waals surface area contributed by atoms with Crippen molar-refractivity contribution in [3.05, 3.63) is 21.4 Å². The summed E-state index contributed by atoms with van der Waals surface area (Å²) >= 11 is 1.99. The topological polar surface area (TPSA) is 26.0 Å². The van der Waals surface area contributed by atoms with Crippen molar-refractivity contribution in [2.75, 3.05) is 0 Å². The summed E-state index contributed by atoms with van der Waals surface area (Å²) < 4.78 is 0. The predicted octanol–water partition coefficient (Wildman–Crippen LogP) is 3.08. The molecule has 0 saturated carbocycles. The largest absolute Gasteiger partial charge is 0.327 e. The molecule has 2 rings (SSSR count). The highest BCUT2D eigenvalue weighted by molar-refractivity contribution is 7.12. The van der Waals surface area contributed by atoms with Gasteiger partial charge in [0.1, 0.15) is 0 Å². The minimum absolute atomic E-state index is 0.317. The molecule has 0 saturated heterocycles. The molecule has 0 radical (unpaired) electrons. The van der Waals surface area contributed by atoms with Gasteiger partial charge >= 0.3 is 0 Å². The van der Waals surface area contributed by atoms with Gasteiger partial charge in [-0.3, -0.25) is 0 Å². The van der Waals surface area contributed by atoms with E-state index in [2.05, 4.69) is 19.9 Å². The van der Waals surface area contributed by atoms with Crippen molar-refractivity contribution in [2.24, 2.45) is 5.73 Å². The molecule has 78 valence electrons. The second kappa shape index (κ2) is 4.03. The van der Waals surface area contributed by atoms with Crippen LogP contribution < -0.4 is 5.73 Å². The number of thiophene rings is 1. The van der Waals surface area contributed by atoms with E-state index in [1.54, 1.807) is 10.4 Å². The van der Waals surface area contributed by atoms with E-state index in [9.17, 15) is 0 Å². The molecule has 1 aliphatic rings. The summed E-state index contributed by atoms with van der Waals surface area (Å²) in [5, 5.41) is 0. The number of aryl methyl sites for hydroxylation is 2. The number of hydrogen-bond donors (Lipinski definition) is 1. The van der Waals surface area contributed by atoms with E-state index in [-0.39, 0.29) is 0 Å². The van der Waals surface area contributed by atoms with Crippen LogP contribution in [0.2, 0.25) is 0 Å². The van der Waals surface area contributed by atoms with E-state index < -0.39 is 0 Å². The Labute approximate surface area is 90.3 Å². The Bertz CT molecular complexity index is 314. The highest BCUT2D eigenvalue weighted by Crippen LogP contribution is 2.39. The third kappa shape index (κ3) is 1.73. The monoisotopic (exact) mass is 209 g/mol. The summed E-state index contributed by atoms with van der Waals surface area (Å²) in [5.41, 5.74) is 7.62. The smallest absolute Gasteiger partial charge is 0.0126 e. The van der Waals surface area contributed by atoms with Gasteiger partial charge < -0.3 is 5.73 Å². The molecule has 0 spiro atoms. The molecule has 1 heterocycles. The quantitative estimate of drug-likeness (QED) is 0.796. The zero-order chi connectivity index (χ0) is 10.1. The van der Waals surface area contributed by atoms with Crippen LogP contribution in [0.1, 0.15) is 47.9 Å². The number of hydrogen-bond acceptors (Lipinski definition) is 2. The molecule has 1 aromatic heterocycles. The normalized spacial score (nSPS) is 23.2. The lowest BCUT2D eigenvalue weighted by atomic mass is 9.85. The van der Waals surface area contributed by atoms with Gasteiger partial charge in [0.2, 0.25) is 0 Å². The van der Waals surface area contributed by atoms with Crippen LogP contribution in [0, 0.1) is 0 Å². The highest BCUT2D eigenvalue weighted by Gasteiger charge is 2.25. The van der Waals surface area contributed by atoms with E-state index >= 15 is 0 Å². The Kier molecular flexibility index (Phi) is 2.93. The van der Waals surface area contributed by atoms with Crippen LogP contribution in [0.5, 0.6) is 0 Å². The molecule has 1 nitrogen and oxygen atoms in total. The predicted molar refractivity (Wildman–Crippen MR) is 63.0 cm³/mol. The third-order valence-corrected chi connectivity index (χ3v) is 4.63. The van der Waals surface area contributed by atoms with Crippen LogP contribution >= 0.6 is 11.3 Å². The van der Waals surface area contributed by atoms with Crippen molar-refractivity contribution in [1.82, 2.24) is 0 Å². The molecule has 2 N–H and O–H groups in total. The van der Waals surface area contributed by atoms with Gasteiger partial charge in [-0.05, 0) is 44.2 Å². The number of fused-ring (bicyclic) bond motifs is 1. The van der Waals surface area contributed by atoms with Crippen molar-refractivity contribution in [3.8, 4) is 0 Å².